The highest BCUT2D eigenvalue weighted by molar-refractivity contribution is 7.98. The van der Waals surface area contributed by atoms with Gasteiger partial charge in [0.2, 0.25) is 0 Å². The highest BCUT2D eigenvalue weighted by Gasteiger charge is 2.13. The Hall–Kier alpha value is 0.270. The van der Waals surface area contributed by atoms with E-state index in [1.807, 2.05) is 11.8 Å². The maximum absolute atomic E-state index is 5.48. The van der Waals surface area contributed by atoms with Crippen LogP contribution < -0.4 is 11.3 Å². The van der Waals surface area contributed by atoms with E-state index in [1.54, 1.807) is 0 Å². The highest BCUT2D eigenvalue weighted by atomic mass is 32.2. The van der Waals surface area contributed by atoms with E-state index >= 15 is 0 Å². The summed E-state index contributed by atoms with van der Waals surface area (Å²) in [6, 6.07) is 0.492. The third kappa shape index (κ3) is 8.60. The van der Waals surface area contributed by atoms with E-state index in [9.17, 15) is 0 Å². The molecule has 0 spiro atoms. The van der Waals surface area contributed by atoms with E-state index in [4.69, 9.17) is 5.84 Å². The molecule has 0 heterocycles. The summed E-state index contributed by atoms with van der Waals surface area (Å²) in [6.45, 7) is 6.82. The Morgan fingerprint density at radius 3 is 2.31 bits per heavy atom. The van der Waals surface area contributed by atoms with Crippen molar-refractivity contribution in [1.82, 2.24) is 5.43 Å². The first-order valence-corrected chi connectivity index (χ1v) is 6.34. The molecule has 0 saturated heterocycles. The first-order valence-electron chi connectivity index (χ1n) is 4.94. The van der Waals surface area contributed by atoms with Crippen LogP contribution in [0.2, 0.25) is 0 Å². The first kappa shape index (κ1) is 13.3. The molecule has 3 N–H and O–H groups in total. The maximum atomic E-state index is 5.48. The van der Waals surface area contributed by atoms with E-state index in [0.717, 1.165) is 0 Å². The molecular weight excluding hydrogens is 180 g/mol. The molecule has 0 fully saturated rings. The Morgan fingerprint density at radius 1 is 1.31 bits per heavy atom. The summed E-state index contributed by atoms with van der Waals surface area (Å²) in [4.78, 5) is 0. The summed E-state index contributed by atoms with van der Waals surface area (Å²) in [5, 5.41) is 0. The lowest BCUT2D eigenvalue weighted by Crippen LogP contribution is -2.36. The van der Waals surface area contributed by atoms with E-state index in [0.29, 0.717) is 11.5 Å². The molecule has 0 aromatic rings. The van der Waals surface area contributed by atoms with Crippen molar-refractivity contribution in [2.75, 3.05) is 12.0 Å². The molecule has 2 nitrogen and oxygen atoms in total. The van der Waals surface area contributed by atoms with Gasteiger partial charge in [0.1, 0.15) is 0 Å². The summed E-state index contributed by atoms with van der Waals surface area (Å²) in [5.74, 6) is 6.68. The molecule has 0 aliphatic rings. The zero-order valence-corrected chi connectivity index (χ0v) is 10.2. The van der Waals surface area contributed by atoms with E-state index in [1.165, 1.54) is 25.0 Å². The number of nitrogens with two attached hydrogens (primary N) is 1. The van der Waals surface area contributed by atoms with Gasteiger partial charge in [0, 0.05) is 6.04 Å². The highest BCUT2D eigenvalue weighted by Crippen LogP contribution is 2.22. The zero-order chi connectivity index (χ0) is 10.3. The number of thioether (sulfide) groups is 1. The zero-order valence-electron chi connectivity index (χ0n) is 9.39. The molecule has 0 aromatic carbocycles. The first-order chi connectivity index (χ1) is 5.99. The van der Waals surface area contributed by atoms with Gasteiger partial charge in [0.25, 0.3) is 0 Å². The lowest BCUT2D eigenvalue weighted by atomic mass is 9.88. The molecule has 1 unspecified atom stereocenters. The summed E-state index contributed by atoms with van der Waals surface area (Å²) in [7, 11) is 0. The van der Waals surface area contributed by atoms with Gasteiger partial charge in [-0.15, -0.1) is 0 Å². The second-order valence-electron chi connectivity index (χ2n) is 4.74. The monoisotopic (exact) mass is 204 g/mol. The van der Waals surface area contributed by atoms with Crippen LogP contribution in [0.25, 0.3) is 0 Å². The Morgan fingerprint density at radius 2 is 1.92 bits per heavy atom. The van der Waals surface area contributed by atoms with Crippen LogP contribution in [0.4, 0.5) is 0 Å². The molecule has 3 heteroatoms. The number of nitrogens with one attached hydrogen (secondary N) is 1. The molecule has 0 saturated carbocycles. The SMILES string of the molecule is CSCCC(CCC(C)(C)C)NN. The van der Waals surface area contributed by atoms with Crippen LogP contribution in [0.3, 0.4) is 0 Å². The van der Waals surface area contributed by atoms with Gasteiger partial charge in [0.15, 0.2) is 0 Å². The molecule has 0 aliphatic carbocycles. The molecular formula is C10H24N2S. The van der Waals surface area contributed by atoms with E-state index in [-0.39, 0.29) is 0 Å². The van der Waals surface area contributed by atoms with Gasteiger partial charge in [0.05, 0.1) is 0 Å². The van der Waals surface area contributed by atoms with Crippen molar-refractivity contribution in [3.8, 4) is 0 Å². The number of rotatable bonds is 6. The van der Waals surface area contributed by atoms with Crippen molar-refractivity contribution in [3.63, 3.8) is 0 Å². The van der Waals surface area contributed by atoms with E-state index in [2.05, 4.69) is 32.5 Å². The van der Waals surface area contributed by atoms with Gasteiger partial charge in [-0.3, -0.25) is 11.3 Å². The quantitative estimate of drug-likeness (QED) is 0.515. The minimum absolute atomic E-state index is 0.425. The summed E-state index contributed by atoms with van der Waals surface area (Å²) >= 11 is 1.88. The minimum Gasteiger partial charge on any atom is -0.271 e. The standard InChI is InChI=1S/C10H24N2S/c1-10(2,3)7-5-9(12-11)6-8-13-4/h9,12H,5-8,11H2,1-4H3. The Kier molecular flexibility index (Phi) is 6.82. The van der Waals surface area contributed by atoms with Gasteiger partial charge in [-0.25, -0.2) is 0 Å². The molecule has 0 aromatic heterocycles. The van der Waals surface area contributed by atoms with Crippen LogP contribution in [0.15, 0.2) is 0 Å². The predicted molar refractivity (Wildman–Crippen MR) is 62.8 cm³/mol. The van der Waals surface area contributed by atoms with Gasteiger partial charge >= 0.3 is 0 Å². The lowest BCUT2D eigenvalue weighted by molar-refractivity contribution is 0.328. The maximum Gasteiger partial charge on any atom is 0.0218 e. The third-order valence-electron chi connectivity index (χ3n) is 2.15. The van der Waals surface area contributed by atoms with Crippen LogP contribution >= 0.6 is 11.8 Å². The van der Waals surface area contributed by atoms with Crippen LogP contribution in [0.5, 0.6) is 0 Å². The van der Waals surface area contributed by atoms with Crippen molar-refractivity contribution in [1.29, 1.82) is 0 Å². The largest absolute Gasteiger partial charge is 0.271 e. The Bertz CT molecular complexity index is 121. The Balaban J connectivity index is 3.59. The summed E-state index contributed by atoms with van der Waals surface area (Å²) in [5.41, 5.74) is 3.32. The number of hydrogen-bond donors (Lipinski definition) is 2. The molecule has 0 amide bonds. The molecule has 13 heavy (non-hydrogen) atoms. The molecule has 0 radical (unpaired) electrons. The van der Waals surface area contributed by atoms with Gasteiger partial charge < -0.3 is 0 Å². The van der Waals surface area contributed by atoms with Crippen molar-refractivity contribution < 1.29 is 0 Å². The smallest absolute Gasteiger partial charge is 0.0218 e. The molecule has 0 bridgehead atoms. The number of hydrazine groups is 1. The average molecular weight is 204 g/mol. The van der Waals surface area contributed by atoms with Crippen LogP contribution in [0.1, 0.15) is 40.0 Å². The fraction of sp³-hybridized carbons (Fsp3) is 1.00. The molecule has 80 valence electrons. The van der Waals surface area contributed by atoms with Crippen molar-refractivity contribution in [3.05, 3.63) is 0 Å². The second kappa shape index (κ2) is 6.68. The summed E-state index contributed by atoms with van der Waals surface area (Å²) in [6.07, 6.45) is 5.72. The average Bonchev–Trinajstić information content (AvgIpc) is 2.03. The predicted octanol–water partition coefficient (Wildman–Crippen LogP) is 2.40. The topological polar surface area (TPSA) is 38.0 Å². The third-order valence-corrected chi connectivity index (χ3v) is 2.79. The van der Waals surface area contributed by atoms with Crippen LogP contribution in [0, 0.1) is 5.41 Å². The molecule has 1 atom stereocenters. The fourth-order valence-corrected chi connectivity index (χ4v) is 1.70. The fourth-order valence-electron chi connectivity index (χ4n) is 1.18. The normalized spacial score (nSPS) is 14.5. The van der Waals surface area contributed by atoms with Gasteiger partial charge in [-0.2, -0.15) is 11.8 Å². The van der Waals surface area contributed by atoms with Gasteiger partial charge in [-0.1, -0.05) is 20.8 Å². The minimum atomic E-state index is 0.425. The van der Waals surface area contributed by atoms with Gasteiger partial charge in [-0.05, 0) is 36.7 Å². The van der Waals surface area contributed by atoms with Crippen molar-refractivity contribution in [2.24, 2.45) is 11.3 Å². The van der Waals surface area contributed by atoms with Crippen molar-refractivity contribution >= 4 is 11.8 Å². The van der Waals surface area contributed by atoms with Crippen LogP contribution in [-0.2, 0) is 0 Å². The molecule has 0 aliphatic heterocycles. The number of hydrogen-bond acceptors (Lipinski definition) is 3. The lowest BCUT2D eigenvalue weighted by Gasteiger charge is -2.22. The summed E-state index contributed by atoms with van der Waals surface area (Å²) < 4.78 is 0. The van der Waals surface area contributed by atoms with E-state index < -0.39 is 0 Å². The molecule has 0 rings (SSSR count). The Labute approximate surface area is 87.0 Å². The second-order valence-corrected chi connectivity index (χ2v) is 5.73. The van der Waals surface area contributed by atoms with Crippen LogP contribution in [-0.4, -0.2) is 18.1 Å². The van der Waals surface area contributed by atoms with Crippen molar-refractivity contribution in [2.45, 2.75) is 46.1 Å².